The van der Waals surface area contributed by atoms with Crippen LogP contribution in [-0.4, -0.2) is 11.1 Å². The summed E-state index contributed by atoms with van der Waals surface area (Å²) in [7, 11) is 0. The van der Waals surface area contributed by atoms with E-state index < -0.39 is 0 Å². The van der Waals surface area contributed by atoms with E-state index >= 15 is 0 Å². The number of rotatable bonds is 2. The fraction of sp³-hybridized carbons (Fsp3) is 0. The van der Waals surface area contributed by atoms with Crippen LogP contribution in [0.25, 0.3) is 6.08 Å². The molecule has 2 aromatic rings. The number of hydrogen-bond acceptors (Lipinski definition) is 4. The molecule has 1 heterocycles. The number of nitrogens with zero attached hydrogens (tertiary/aromatic N) is 1. The molecule has 5 heteroatoms. The summed E-state index contributed by atoms with van der Waals surface area (Å²) in [5.74, 6) is -0.341. The molecular formula is C16H12N2O2S. The molecule has 0 aromatic heterocycles. The van der Waals surface area contributed by atoms with E-state index in [1.807, 2.05) is 30.3 Å². The minimum atomic E-state index is -0.341. The number of imide groups is 1. The standard InChI is InChI=1S/C16H12N2O2S/c17-12-8-4-5-9-13(12)18-15(19)14(21-16(18)20)10-11-6-2-1-3-7-11/h1-10H,17H2/b14-10-. The Kier molecular flexibility index (Phi) is 3.50. The molecule has 3 rings (SSSR count). The van der Waals surface area contributed by atoms with Gasteiger partial charge in [0.25, 0.3) is 11.1 Å². The van der Waals surface area contributed by atoms with E-state index in [9.17, 15) is 9.59 Å². The number of hydrogen-bond donors (Lipinski definition) is 1. The SMILES string of the molecule is Nc1ccccc1N1C(=O)S/C(=C\c2ccccc2)C1=O. The summed E-state index contributed by atoms with van der Waals surface area (Å²) in [6.07, 6.45) is 1.71. The highest BCUT2D eigenvalue weighted by atomic mass is 32.2. The second-order valence-electron chi connectivity index (χ2n) is 4.49. The molecule has 2 N–H and O–H groups in total. The molecule has 4 nitrogen and oxygen atoms in total. The van der Waals surface area contributed by atoms with Crippen LogP contribution < -0.4 is 10.6 Å². The fourth-order valence-corrected chi connectivity index (χ4v) is 2.90. The predicted molar refractivity (Wildman–Crippen MR) is 85.7 cm³/mol. The maximum atomic E-state index is 12.4. The van der Waals surface area contributed by atoms with Gasteiger partial charge in [-0.05, 0) is 35.5 Å². The number of nitrogens with two attached hydrogens (primary N) is 1. The smallest absolute Gasteiger partial charge is 0.298 e. The van der Waals surface area contributed by atoms with E-state index in [2.05, 4.69) is 0 Å². The molecule has 1 aliphatic heterocycles. The highest BCUT2D eigenvalue weighted by Crippen LogP contribution is 2.37. The molecule has 1 fully saturated rings. The summed E-state index contributed by atoms with van der Waals surface area (Å²) in [5.41, 5.74) is 7.56. The van der Waals surface area contributed by atoms with Gasteiger partial charge in [-0.15, -0.1) is 0 Å². The summed E-state index contributed by atoms with van der Waals surface area (Å²) < 4.78 is 0. The average Bonchev–Trinajstić information content (AvgIpc) is 2.76. The summed E-state index contributed by atoms with van der Waals surface area (Å²) in [6.45, 7) is 0. The van der Waals surface area contributed by atoms with Gasteiger partial charge in [-0.1, -0.05) is 42.5 Å². The number of anilines is 2. The van der Waals surface area contributed by atoms with Gasteiger partial charge in [0.15, 0.2) is 0 Å². The minimum Gasteiger partial charge on any atom is -0.397 e. The first-order chi connectivity index (χ1) is 10.2. The van der Waals surface area contributed by atoms with E-state index in [0.717, 1.165) is 22.2 Å². The maximum Gasteiger partial charge on any atom is 0.298 e. The zero-order valence-corrected chi connectivity index (χ0v) is 11.8. The number of amides is 2. The van der Waals surface area contributed by atoms with E-state index in [4.69, 9.17) is 5.73 Å². The molecule has 0 saturated carbocycles. The van der Waals surface area contributed by atoms with Crippen LogP contribution in [-0.2, 0) is 4.79 Å². The number of benzene rings is 2. The molecule has 104 valence electrons. The van der Waals surface area contributed by atoms with Gasteiger partial charge in [0.1, 0.15) is 0 Å². The third-order valence-electron chi connectivity index (χ3n) is 3.07. The molecular weight excluding hydrogens is 284 g/mol. The van der Waals surface area contributed by atoms with Gasteiger partial charge in [0.2, 0.25) is 0 Å². The highest BCUT2D eigenvalue weighted by molar-refractivity contribution is 8.19. The Morgan fingerprint density at radius 1 is 0.952 bits per heavy atom. The molecule has 0 atom stereocenters. The van der Waals surface area contributed by atoms with Crippen LogP contribution in [0.3, 0.4) is 0 Å². The Hall–Kier alpha value is -2.53. The molecule has 0 unspecified atom stereocenters. The van der Waals surface area contributed by atoms with Crippen molar-refractivity contribution in [2.75, 3.05) is 10.6 Å². The Morgan fingerprint density at radius 3 is 2.33 bits per heavy atom. The van der Waals surface area contributed by atoms with Gasteiger partial charge in [0.05, 0.1) is 16.3 Å². The molecule has 2 amide bonds. The van der Waals surface area contributed by atoms with Crippen LogP contribution in [0.15, 0.2) is 59.5 Å². The van der Waals surface area contributed by atoms with Crippen molar-refractivity contribution >= 4 is 40.4 Å². The van der Waals surface area contributed by atoms with Crippen molar-refractivity contribution in [3.05, 3.63) is 65.1 Å². The lowest BCUT2D eigenvalue weighted by Crippen LogP contribution is -2.28. The van der Waals surface area contributed by atoms with Gasteiger partial charge in [-0.25, -0.2) is 4.90 Å². The normalized spacial score (nSPS) is 16.8. The van der Waals surface area contributed by atoms with Gasteiger partial charge < -0.3 is 5.73 Å². The number of carbonyl (C=O) groups excluding carboxylic acids is 2. The van der Waals surface area contributed by atoms with Crippen molar-refractivity contribution in [2.24, 2.45) is 0 Å². The topological polar surface area (TPSA) is 63.4 Å². The largest absolute Gasteiger partial charge is 0.397 e. The second-order valence-corrected chi connectivity index (χ2v) is 5.48. The van der Waals surface area contributed by atoms with E-state index in [0.29, 0.717) is 16.3 Å². The lowest BCUT2D eigenvalue weighted by atomic mass is 10.2. The second kappa shape index (κ2) is 5.46. The monoisotopic (exact) mass is 296 g/mol. The van der Waals surface area contributed by atoms with Gasteiger partial charge in [-0.3, -0.25) is 9.59 Å². The highest BCUT2D eigenvalue weighted by Gasteiger charge is 2.37. The first-order valence-electron chi connectivity index (χ1n) is 6.34. The maximum absolute atomic E-state index is 12.4. The molecule has 1 saturated heterocycles. The fourth-order valence-electron chi connectivity index (χ4n) is 2.07. The minimum absolute atomic E-state index is 0.333. The summed E-state index contributed by atoms with van der Waals surface area (Å²) in [5, 5.41) is -0.333. The first-order valence-corrected chi connectivity index (χ1v) is 7.16. The molecule has 0 spiro atoms. The van der Waals surface area contributed by atoms with Gasteiger partial charge in [-0.2, -0.15) is 0 Å². The van der Waals surface area contributed by atoms with Crippen molar-refractivity contribution in [3.8, 4) is 0 Å². The summed E-state index contributed by atoms with van der Waals surface area (Å²) in [4.78, 5) is 26.1. The zero-order valence-electron chi connectivity index (χ0n) is 11.0. The van der Waals surface area contributed by atoms with Crippen molar-refractivity contribution in [1.29, 1.82) is 0 Å². The van der Waals surface area contributed by atoms with E-state index in [1.165, 1.54) is 0 Å². The quantitative estimate of drug-likeness (QED) is 0.680. The summed E-state index contributed by atoms with van der Waals surface area (Å²) in [6, 6.07) is 16.3. The number of thioether (sulfide) groups is 1. The molecule has 0 aliphatic carbocycles. The van der Waals surface area contributed by atoms with Crippen molar-refractivity contribution in [1.82, 2.24) is 0 Å². The van der Waals surface area contributed by atoms with Crippen molar-refractivity contribution in [2.45, 2.75) is 0 Å². The Labute approximate surface area is 126 Å². The molecule has 21 heavy (non-hydrogen) atoms. The van der Waals surface area contributed by atoms with E-state index in [-0.39, 0.29) is 11.1 Å². The number of para-hydroxylation sites is 2. The Morgan fingerprint density at radius 2 is 1.62 bits per heavy atom. The van der Waals surface area contributed by atoms with Crippen LogP contribution in [0.4, 0.5) is 16.2 Å². The van der Waals surface area contributed by atoms with Crippen LogP contribution in [0.1, 0.15) is 5.56 Å². The number of carbonyl (C=O) groups is 2. The zero-order chi connectivity index (χ0) is 14.8. The molecule has 1 aliphatic rings. The molecule has 0 radical (unpaired) electrons. The third kappa shape index (κ3) is 2.55. The Bertz CT molecular complexity index is 741. The Balaban J connectivity index is 1.97. The van der Waals surface area contributed by atoms with Crippen molar-refractivity contribution in [3.63, 3.8) is 0 Å². The number of nitrogen functional groups attached to an aromatic ring is 1. The lowest BCUT2D eigenvalue weighted by molar-refractivity contribution is -0.113. The molecule has 2 aromatic carbocycles. The van der Waals surface area contributed by atoms with E-state index in [1.54, 1.807) is 30.3 Å². The van der Waals surface area contributed by atoms with Crippen LogP contribution >= 0.6 is 11.8 Å². The van der Waals surface area contributed by atoms with Gasteiger partial charge in [0, 0.05) is 0 Å². The lowest BCUT2D eigenvalue weighted by Gasteiger charge is -2.14. The summed E-state index contributed by atoms with van der Waals surface area (Å²) >= 11 is 0.923. The molecule has 0 bridgehead atoms. The van der Waals surface area contributed by atoms with Crippen LogP contribution in [0.5, 0.6) is 0 Å². The predicted octanol–water partition coefficient (Wildman–Crippen LogP) is 3.51. The first kappa shape index (κ1) is 13.5. The average molecular weight is 296 g/mol. The van der Waals surface area contributed by atoms with Crippen LogP contribution in [0, 0.1) is 0 Å². The third-order valence-corrected chi connectivity index (χ3v) is 3.94. The van der Waals surface area contributed by atoms with Crippen molar-refractivity contribution < 1.29 is 9.59 Å². The van der Waals surface area contributed by atoms with Gasteiger partial charge >= 0.3 is 0 Å². The van der Waals surface area contributed by atoms with Crippen LogP contribution in [0.2, 0.25) is 0 Å².